The summed E-state index contributed by atoms with van der Waals surface area (Å²) in [5.74, 6) is 1.65. The molecule has 4 heteroatoms. The fourth-order valence-corrected chi connectivity index (χ4v) is 8.25. The van der Waals surface area contributed by atoms with Gasteiger partial charge in [-0.15, -0.1) is 0 Å². The van der Waals surface area contributed by atoms with Gasteiger partial charge in [-0.25, -0.2) is 0 Å². The molecule has 0 aliphatic heterocycles. The molecule has 0 amide bonds. The molecule has 0 saturated carbocycles. The fourth-order valence-electron chi connectivity index (χ4n) is 8.25. The summed E-state index contributed by atoms with van der Waals surface area (Å²) >= 11 is 0. The molecule has 266 valence electrons. The van der Waals surface area contributed by atoms with Crippen molar-refractivity contribution in [1.29, 1.82) is 0 Å². The van der Waals surface area contributed by atoms with Crippen molar-refractivity contribution < 1.29 is 9.47 Å². The molecule has 0 atom stereocenters. The van der Waals surface area contributed by atoms with Crippen molar-refractivity contribution in [2.24, 2.45) is 0 Å². The van der Waals surface area contributed by atoms with E-state index in [-0.39, 0.29) is 0 Å². The van der Waals surface area contributed by atoms with E-state index in [0.29, 0.717) is 0 Å². The minimum absolute atomic E-state index is 0.621. The summed E-state index contributed by atoms with van der Waals surface area (Å²) in [4.78, 5) is 4.66. The van der Waals surface area contributed by atoms with Gasteiger partial charge in [-0.05, 0) is 130 Å². The number of anilines is 6. The van der Waals surface area contributed by atoms with Crippen molar-refractivity contribution >= 4 is 34.1 Å². The molecule has 8 aromatic rings. The first-order chi connectivity index (χ1) is 27.2. The van der Waals surface area contributed by atoms with Crippen LogP contribution in [-0.2, 0) is 5.41 Å². The molecule has 0 saturated heterocycles. The van der Waals surface area contributed by atoms with Gasteiger partial charge in [-0.2, -0.15) is 0 Å². The Morgan fingerprint density at radius 2 is 0.636 bits per heavy atom. The Labute approximate surface area is 323 Å². The first-order valence-electron chi connectivity index (χ1n) is 18.6. The maximum absolute atomic E-state index is 5.55. The molecule has 8 aromatic carbocycles. The van der Waals surface area contributed by atoms with E-state index < -0.39 is 5.41 Å². The van der Waals surface area contributed by atoms with E-state index in [1.54, 1.807) is 14.2 Å². The molecule has 0 bridgehead atoms. The third-order valence-corrected chi connectivity index (χ3v) is 10.7. The molecule has 0 radical (unpaired) electrons. The van der Waals surface area contributed by atoms with Gasteiger partial charge in [-0.1, -0.05) is 109 Å². The van der Waals surface area contributed by atoms with E-state index in [9.17, 15) is 0 Å². The SMILES string of the molecule is COc1ccc(N(c2ccccc2)c2ccc3c(c2)C(c2ccccc2)(c2ccccc2)c2cc(N(c4ccccc4)c4ccc(OC)cc4)ccc2-3)cc1. The summed E-state index contributed by atoms with van der Waals surface area (Å²) in [5.41, 5.74) is 13.1. The largest absolute Gasteiger partial charge is 0.497 e. The molecule has 55 heavy (non-hydrogen) atoms. The molecule has 0 N–H and O–H groups in total. The van der Waals surface area contributed by atoms with Gasteiger partial charge in [0, 0.05) is 34.1 Å². The van der Waals surface area contributed by atoms with E-state index in [1.165, 1.54) is 33.4 Å². The second-order valence-electron chi connectivity index (χ2n) is 13.7. The predicted octanol–water partition coefficient (Wildman–Crippen LogP) is 13.0. The monoisotopic (exact) mass is 712 g/mol. The smallest absolute Gasteiger partial charge is 0.119 e. The number of rotatable bonds is 10. The van der Waals surface area contributed by atoms with Gasteiger partial charge in [0.1, 0.15) is 11.5 Å². The lowest BCUT2D eigenvalue weighted by atomic mass is 9.67. The normalized spacial score (nSPS) is 12.3. The zero-order valence-corrected chi connectivity index (χ0v) is 30.8. The quantitative estimate of drug-likeness (QED) is 0.141. The Kier molecular flexibility index (Phi) is 8.85. The van der Waals surface area contributed by atoms with Crippen molar-refractivity contribution in [1.82, 2.24) is 0 Å². The van der Waals surface area contributed by atoms with Crippen LogP contribution in [0.1, 0.15) is 22.3 Å². The average Bonchev–Trinajstić information content (AvgIpc) is 3.55. The van der Waals surface area contributed by atoms with Gasteiger partial charge >= 0.3 is 0 Å². The molecule has 0 heterocycles. The highest BCUT2D eigenvalue weighted by atomic mass is 16.5. The van der Waals surface area contributed by atoms with Crippen molar-refractivity contribution in [3.63, 3.8) is 0 Å². The second kappa shape index (κ2) is 14.4. The van der Waals surface area contributed by atoms with Crippen LogP contribution in [0.3, 0.4) is 0 Å². The van der Waals surface area contributed by atoms with Gasteiger partial charge in [0.25, 0.3) is 0 Å². The van der Waals surface area contributed by atoms with Crippen LogP contribution >= 0.6 is 0 Å². The molecule has 0 aromatic heterocycles. The second-order valence-corrected chi connectivity index (χ2v) is 13.7. The van der Waals surface area contributed by atoms with Gasteiger partial charge in [-0.3, -0.25) is 0 Å². The van der Waals surface area contributed by atoms with E-state index in [0.717, 1.165) is 45.6 Å². The lowest BCUT2D eigenvalue weighted by Gasteiger charge is -2.35. The summed E-state index contributed by atoms with van der Waals surface area (Å²) in [6.07, 6.45) is 0. The number of nitrogens with zero attached hydrogens (tertiary/aromatic N) is 2. The molecule has 0 spiro atoms. The Bertz CT molecular complexity index is 2360. The third-order valence-electron chi connectivity index (χ3n) is 10.7. The van der Waals surface area contributed by atoms with Gasteiger partial charge < -0.3 is 19.3 Å². The van der Waals surface area contributed by atoms with Crippen molar-refractivity contribution in [3.05, 3.63) is 229 Å². The summed E-state index contributed by atoms with van der Waals surface area (Å²) in [6, 6.07) is 73.7. The van der Waals surface area contributed by atoms with Crippen LogP contribution in [0.4, 0.5) is 34.1 Å². The first-order valence-corrected chi connectivity index (χ1v) is 18.6. The predicted molar refractivity (Wildman–Crippen MR) is 226 cm³/mol. The number of methoxy groups -OCH3 is 2. The fraction of sp³-hybridized carbons (Fsp3) is 0.0588. The van der Waals surface area contributed by atoms with Crippen LogP contribution in [-0.4, -0.2) is 14.2 Å². The Balaban J connectivity index is 1.31. The van der Waals surface area contributed by atoms with Crippen LogP contribution in [0.15, 0.2) is 206 Å². The summed E-state index contributed by atoms with van der Waals surface area (Å²) in [7, 11) is 3.41. The Hall–Kier alpha value is -7.04. The van der Waals surface area contributed by atoms with Gasteiger partial charge in [0.2, 0.25) is 0 Å². The lowest BCUT2D eigenvalue weighted by molar-refractivity contribution is 0.414. The number of para-hydroxylation sites is 2. The van der Waals surface area contributed by atoms with Crippen LogP contribution in [0.5, 0.6) is 11.5 Å². The van der Waals surface area contributed by atoms with Crippen molar-refractivity contribution in [2.45, 2.75) is 5.41 Å². The summed E-state index contributed by atoms with van der Waals surface area (Å²) in [6.45, 7) is 0. The van der Waals surface area contributed by atoms with Crippen LogP contribution in [0, 0.1) is 0 Å². The highest BCUT2D eigenvalue weighted by molar-refractivity contribution is 5.92. The summed E-state index contributed by atoms with van der Waals surface area (Å²) < 4.78 is 11.1. The summed E-state index contributed by atoms with van der Waals surface area (Å²) in [5, 5.41) is 0. The molecule has 4 nitrogen and oxygen atoms in total. The number of hydrogen-bond acceptors (Lipinski definition) is 4. The molecular weight excluding hydrogens is 673 g/mol. The van der Waals surface area contributed by atoms with Gasteiger partial charge in [0.15, 0.2) is 0 Å². The average molecular weight is 713 g/mol. The van der Waals surface area contributed by atoms with Crippen LogP contribution in [0.25, 0.3) is 11.1 Å². The standard InChI is InChI=1S/C51H40N2O2/c1-54-45-29-23-41(24-30-45)52(39-19-11-5-12-20-39)43-27-33-47-48-34-28-44(53(40-21-13-6-14-22-40)42-25-31-46(55-2)32-26-42)36-50(48)51(49(47)35-43,37-15-7-3-8-16-37)38-17-9-4-10-18-38/h3-36H,1-2H3. The van der Waals surface area contributed by atoms with E-state index in [1.807, 2.05) is 24.3 Å². The Morgan fingerprint density at radius 1 is 0.327 bits per heavy atom. The highest BCUT2D eigenvalue weighted by Gasteiger charge is 2.47. The number of ether oxygens (including phenoxy) is 2. The zero-order chi connectivity index (χ0) is 37.2. The minimum Gasteiger partial charge on any atom is -0.497 e. The van der Waals surface area contributed by atoms with Crippen molar-refractivity contribution in [2.75, 3.05) is 24.0 Å². The third kappa shape index (κ3) is 5.89. The maximum Gasteiger partial charge on any atom is 0.119 e. The number of fused-ring (bicyclic) bond motifs is 3. The van der Waals surface area contributed by atoms with Gasteiger partial charge in [0.05, 0.1) is 19.6 Å². The molecule has 0 fully saturated rings. The number of benzene rings is 8. The molecule has 1 aliphatic carbocycles. The topological polar surface area (TPSA) is 24.9 Å². The molecule has 1 aliphatic rings. The van der Waals surface area contributed by atoms with E-state index in [2.05, 4.69) is 192 Å². The zero-order valence-electron chi connectivity index (χ0n) is 30.8. The molecule has 9 rings (SSSR count). The first kappa shape index (κ1) is 33.8. The molecule has 0 unspecified atom stereocenters. The Morgan fingerprint density at radius 3 is 0.982 bits per heavy atom. The van der Waals surface area contributed by atoms with E-state index in [4.69, 9.17) is 9.47 Å². The number of hydrogen-bond donors (Lipinski definition) is 0. The highest BCUT2D eigenvalue weighted by Crippen LogP contribution is 2.58. The van der Waals surface area contributed by atoms with Crippen LogP contribution < -0.4 is 19.3 Å². The van der Waals surface area contributed by atoms with E-state index >= 15 is 0 Å². The van der Waals surface area contributed by atoms with Crippen molar-refractivity contribution in [3.8, 4) is 22.6 Å². The molecular formula is C51H40N2O2. The maximum atomic E-state index is 5.55. The van der Waals surface area contributed by atoms with Crippen LogP contribution in [0.2, 0.25) is 0 Å². The lowest BCUT2D eigenvalue weighted by Crippen LogP contribution is -2.29. The minimum atomic E-state index is -0.621.